The number of hydrogen-bond donors (Lipinski definition) is 3. The smallest absolute Gasteiger partial charge is 0.225 e. The molecular formula is C17H20N4O2. The monoisotopic (exact) mass is 312 g/mol. The van der Waals surface area contributed by atoms with Gasteiger partial charge < -0.3 is 10.1 Å². The standard InChI is InChI=1S/C17H20N4O2/c1-23-14-4-2-12(3-5-14)10-17(22)19-16-11-15(20-21-16)13-6-8-18-9-7-13/h2-9,15-16,20-21H,10-11H2,1H3,(H,19,22). The average molecular weight is 312 g/mol. The van der Waals surface area contributed by atoms with Crippen LogP contribution in [0, 0.1) is 0 Å². The number of benzene rings is 1. The molecule has 2 unspecified atom stereocenters. The van der Waals surface area contributed by atoms with Crippen LogP contribution in [0.25, 0.3) is 0 Å². The molecule has 1 aliphatic heterocycles. The number of aromatic nitrogens is 1. The Balaban J connectivity index is 1.50. The van der Waals surface area contributed by atoms with Crippen molar-refractivity contribution in [3.05, 3.63) is 59.9 Å². The maximum atomic E-state index is 12.1. The van der Waals surface area contributed by atoms with Crippen molar-refractivity contribution in [2.45, 2.75) is 25.0 Å². The Labute approximate surface area is 135 Å². The summed E-state index contributed by atoms with van der Waals surface area (Å²) in [5, 5.41) is 3.00. The largest absolute Gasteiger partial charge is 0.497 e. The molecule has 1 aromatic carbocycles. The van der Waals surface area contributed by atoms with Crippen LogP contribution < -0.4 is 20.9 Å². The van der Waals surface area contributed by atoms with Crippen LogP contribution in [0.5, 0.6) is 5.75 Å². The van der Waals surface area contributed by atoms with E-state index in [1.54, 1.807) is 19.5 Å². The minimum atomic E-state index is -0.0843. The van der Waals surface area contributed by atoms with E-state index in [1.807, 2.05) is 36.4 Å². The number of ether oxygens (including phenoxy) is 1. The highest BCUT2D eigenvalue weighted by Gasteiger charge is 2.25. The number of nitrogens with zero attached hydrogens (tertiary/aromatic N) is 1. The van der Waals surface area contributed by atoms with Gasteiger partial charge in [-0.3, -0.25) is 9.78 Å². The number of nitrogens with one attached hydrogen (secondary N) is 3. The Morgan fingerprint density at radius 1 is 1.22 bits per heavy atom. The zero-order chi connectivity index (χ0) is 16.1. The van der Waals surface area contributed by atoms with Crippen LogP contribution in [0.15, 0.2) is 48.8 Å². The Morgan fingerprint density at radius 3 is 2.65 bits per heavy atom. The molecule has 1 aromatic heterocycles. The number of carbonyl (C=O) groups is 1. The molecule has 0 bridgehead atoms. The van der Waals surface area contributed by atoms with Crippen molar-refractivity contribution in [1.82, 2.24) is 21.2 Å². The fourth-order valence-electron chi connectivity index (χ4n) is 2.64. The third kappa shape index (κ3) is 4.06. The molecule has 1 amide bonds. The van der Waals surface area contributed by atoms with Crippen molar-refractivity contribution in [2.75, 3.05) is 7.11 Å². The van der Waals surface area contributed by atoms with Crippen molar-refractivity contribution in [1.29, 1.82) is 0 Å². The predicted molar refractivity (Wildman–Crippen MR) is 86.5 cm³/mol. The second kappa shape index (κ2) is 7.21. The second-order valence-corrected chi connectivity index (χ2v) is 5.50. The van der Waals surface area contributed by atoms with E-state index in [1.165, 1.54) is 0 Å². The lowest BCUT2D eigenvalue weighted by Gasteiger charge is -2.12. The fourth-order valence-corrected chi connectivity index (χ4v) is 2.64. The first-order valence-corrected chi connectivity index (χ1v) is 7.58. The van der Waals surface area contributed by atoms with Crippen molar-refractivity contribution in [2.24, 2.45) is 0 Å². The summed E-state index contributed by atoms with van der Waals surface area (Å²) in [6, 6.07) is 11.6. The molecule has 3 N–H and O–H groups in total. The van der Waals surface area contributed by atoms with Gasteiger partial charge in [0.1, 0.15) is 5.75 Å². The fraction of sp³-hybridized carbons (Fsp3) is 0.294. The Bertz CT molecular complexity index is 645. The molecule has 0 aliphatic carbocycles. The first kappa shape index (κ1) is 15.5. The van der Waals surface area contributed by atoms with E-state index in [9.17, 15) is 4.79 Å². The summed E-state index contributed by atoms with van der Waals surface area (Å²) < 4.78 is 5.11. The van der Waals surface area contributed by atoms with Gasteiger partial charge in [0.05, 0.1) is 19.7 Å². The molecule has 120 valence electrons. The number of rotatable bonds is 5. The molecule has 1 fully saturated rings. The van der Waals surface area contributed by atoms with E-state index in [4.69, 9.17) is 4.74 Å². The SMILES string of the molecule is COc1ccc(CC(=O)NC2CC(c3ccncc3)NN2)cc1. The lowest BCUT2D eigenvalue weighted by molar-refractivity contribution is -0.121. The lowest BCUT2D eigenvalue weighted by atomic mass is 10.1. The molecule has 2 heterocycles. The van der Waals surface area contributed by atoms with Crippen LogP contribution in [0.3, 0.4) is 0 Å². The highest BCUT2D eigenvalue weighted by molar-refractivity contribution is 5.78. The van der Waals surface area contributed by atoms with Crippen LogP contribution in [0.2, 0.25) is 0 Å². The van der Waals surface area contributed by atoms with Crippen LogP contribution in [-0.2, 0) is 11.2 Å². The van der Waals surface area contributed by atoms with Crippen molar-refractivity contribution >= 4 is 5.91 Å². The zero-order valence-corrected chi connectivity index (χ0v) is 13.0. The molecular weight excluding hydrogens is 292 g/mol. The summed E-state index contributed by atoms with van der Waals surface area (Å²) in [7, 11) is 1.62. The van der Waals surface area contributed by atoms with Gasteiger partial charge in [-0.2, -0.15) is 0 Å². The topological polar surface area (TPSA) is 75.3 Å². The summed E-state index contributed by atoms with van der Waals surface area (Å²) in [5.41, 5.74) is 8.43. The molecule has 3 rings (SSSR count). The maximum absolute atomic E-state index is 12.1. The van der Waals surface area contributed by atoms with E-state index < -0.39 is 0 Å². The lowest BCUT2D eigenvalue weighted by Crippen LogP contribution is -2.44. The first-order valence-electron chi connectivity index (χ1n) is 7.58. The van der Waals surface area contributed by atoms with Crippen molar-refractivity contribution in [3.63, 3.8) is 0 Å². The van der Waals surface area contributed by atoms with Gasteiger partial charge in [0, 0.05) is 24.9 Å². The van der Waals surface area contributed by atoms with Gasteiger partial charge >= 0.3 is 0 Å². The second-order valence-electron chi connectivity index (χ2n) is 5.50. The Morgan fingerprint density at radius 2 is 1.96 bits per heavy atom. The summed E-state index contributed by atoms with van der Waals surface area (Å²) >= 11 is 0. The van der Waals surface area contributed by atoms with Gasteiger partial charge in [-0.1, -0.05) is 12.1 Å². The van der Waals surface area contributed by atoms with Gasteiger partial charge in [-0.15, -0.1) is 0 Å². The van der Waals surface area contributed by atoms with E-state index in [2.05, 4.69) is 21.2 Å². The molecule has 6 heteroatoms. The molecule has 1 saturated heterocycles. The van der Waals surface area contributed by atoms with Gasteiger partial charge in [0.2, 0.25) is 5.91 Å². The molecule has 0 spiro atoms. The number of carbonyl (C=O) groups excluding carboxylic acids is 1. The number of amides is 1. The molecule has 1 aliphatic rings. The van der Waals surface area contributed by atoms with Crippen LogP contribution in [0.1, 0.15) is 23.6 Å². The third-order valence-electron chi connectivity index (χ3n) is 3.87. The van der Waals surface area contributed by atoms with Crippen LogP contribution in [0.4, 0.5) is 0 Å². The number of hydrogen-bond acceptors (Lipinski definition) is 5. The Hall–Kier alpha value is -2.44. The molecule has 2 aromatic rings. The highest BCUT2D eigenvalue weighted by atomic mass is 16.5. The summed E-state index contributed by atoms with van der Waals surface area (Å²) in [5.74, 6) is 0.779. The van der Waals surface area contributed by atoms with E-state index in [0.29, 0.717) is 6.42 Å². The van der Waals surface area contributed by atoms with E-state index in [0.717, 1.165) is 23.3 Å². The molecule has 0 radical (unpaired) electrons. The molecule has 2 atom stereocenters. The maximum Gasteiger partial charge on any atom is 0.225 e. The van der Waals surface area contributed by atoms with E-state index >= 15 is 0 Å². The average Bonchev–Trinajstić information content (AvgIpc) is 3.04. The van der Waals surface area contributed by atoms with E-state index in [-0.39, 0.29) is 18.1 Å². The number of methoxy groups -OCH3 is 1. The third-order valence-corrected chi connectivity index (χ3v) is 3.87. The predicted octanol–water partition coefficient (Wildman–Crippen LogP) is 1.31. The highest BCUT2D eigenvalue weighted by Crippen LogP contribution is 2.20. The number of hydrazine groups is 1. The summed E-state index contributed by atoms with van der Waals surface area (Å²) in [6.45, 7) is 0. The normalized spacial score (nSPS) is 20.2. The van der Waals surface area contributed by atoms with Crippen LogP contribution >= 0.6 is 0 Å². The minimum absolute atomic E-state index is 0.00940. The van der Waals surface area contributed by atoms with Gasteiger partial charge in [-0.25, -0.2) is 10.9 Å². The quantitative estimate of drug-likeness (QED) is 0.776. The Kier molecular flexibility index (Phi) is 4.85. The van der Waals surface area contributed by atoms with Gasteiger partial charge in [0.25, 0.3) is 0 Å². The van der Waals surface area contributed by atoms with Gasteiger partial charge in [-0.05, 0) is 35.4 Å². The first-order chi connectivity index (χ1) is 11.2. The molecule has 0 saturated carbocycles. The molecule has 6 nitrogen and oxygen atoms in total. The van der Waals surface area contributed by atoms with Crippen molar-refractivity contribution < 1.29 is 9.53 Å². The summed E-state index contributed by atoms with van der Waals surface area (Å²) in [4.78, 5) is 16.2. The molecule has 23 heavy (non-hydrogen) atoms. The summed E-state index contributed by atoms with van der Waals surface area (Å²) in [6.07, 6.45) is 4.60. The number of pyridine rings is 1. The minimum Gasteiger partial charge on any atom is -0.497 e. The van der Waals surface area contributed by atoms with Gasteiger partial charge in [0.15, 0.2) is 0 Å². The van der Waals surface area contributed by atoms with Crippen molar-refractivity contribution in [3.8, 4) is 5.75 Å². The van der Waals surface area contributed by atoms with Crippen LogP contribution in [-0.4, -0.2) is 24.2 Å². The zero-order valence-electron chi connectivity index (χ0n) is 13.0.